The lowest BCUT2D eigenvalue weighted by Gasteiger charge is -2.29. The minimum absolute atomic E-state index is 0.223. The molecule has 1 atom stereocenters. The van der Waals surface area contributed by atoms with Crippen molar-refractivity contribution in [1.82, 2.24) is 5.32 Å². The van der Waals surface area contributed by atoms with E-state index in [4.69, 9.17) is 0 Å². The standard InChI is InChI=1S/C14H31NO/c1-13(2,3)12(11-16)9-7-8-10-15-14(4,5)6/h12,15-16H,7-11H2,1-6H3. The van der Waals surface area contributed by atoms with Crippen LogP contribution in [0.2, 0.25) is 0 Å². The lowest BCUT2D eigenvalue weighted by Crippen LogP contribution is -2.36. The Hall–Kier alpha value is -0.0800. The summed E-state index contributed by atoms with van der Waals surface area (Å²) in [7, 11) is 0. The lowest BCUT2D eigenvalue weighted by atomic mass is 9.78. The van der Waals surface area contributed by atoms with E-state index in [1.165, 1.54) is 12.8 Å². The zero-order valence-electron chi connectivity index (χ0n) is 12.1. The summed E-state index contributed by atoms with van der Waals surface area (Å²) in [5.74, 6) is 0.433. The number of rotatable bonds is 6. The lowest BCUT2D eigenvalue weighted by molar-refractivity contribution is 0.120. The van der Waals surface area contributed by atoms with Gasteiger partial charge in [-0.1, -0.05) is 27.2 Å². The summed E-state index contributed by atoms with van der Waals surface area (Å²) in [5, 5.41) is 12.8. The molecule has 0 saturated carbocycles. The molecule has 0 heterocycles. The summed E-state index contributed by atoms with van der Waals surface area (Å²) in [5.41, 5.74) is 0.451. The van der Waals surface area contributed by atoms with Crippen molar-refractivity contribution >= 4 is 0 Å². The van der Waals surface area contributed by atoms with Gasteiger partial charge in [0.05, 0.1) is 0 Å². The van der Waals surface area contributed by atoms with Crippen molar-refractivity contribution in [2.24, 2.45) is 11.3 Å². The fraction of sp³-hybridized carbons (Fsp3) is 1.00. The average Bonchev–Trinajstić information content (AvgIpc) is 2.07. The highest BCUT2D eigenvalue weighted by molar-refractivity contribution is 4.74. The first-order valence-electron chi connectivity index (χ1n) is 6.52. The van der Waals surface area contributed by atoms with Gasteiger partial charge in [0.25, 0.3) is 0 Å². The maximum Gasteiger partial charge on any atom is 0.0464 e. The molecular formula is C14H31NO. The van der Waals surface area contributed by atoms with Crippen LogP contribution in [0.25, 0.3) is 0 Å². The molecule has 0 aliphatic carbocycles. The molecule has 2 nitrogen and oxygen atoms in total. The van der Waals surface area contributed by atoms with E-state index in [-0.39, 0.29) is 11.0 Å². The third-order valence-electron chi connectivity index (χ3n) is 3.08. The van der Waals surface area contributed by atoms with Crippen LogP contribution in [-0.2, 0) is 0 Å². The first kappa shape index (κ1) is 15.9. The Kier molecular flexibility index (Phi) is 6.57. The summed E-state index contributed by atoms with van der Waals surface area (Å²) in [6, 6.07) is 0. The first-order valence-corrected chi connectivity index (χ1v) is 6.52. The minimum Gasteiger partial charge on any atom is -0.396 e. The van der Waals surface area contributed by atoms with Gasteiger partial charge in [0.1, 0.15) is 0 Å². The van der Waals surface area contributed by atoms with Crippen LogP contribution in [0.3, 0.4) is 0 Å². The predicted octanol–water partition coefficient (Wildman–Crippen LogP) is 3.20. The zero-order chi connectivity index (χ0) is 12.8. The molecule has 0 bridgehead atoms. The molecule has 0 aliphatic rings. The fourth-order valence-corrected chi connectivity index (χ4v) is 1.78. The van der Waals surface area contributed by atoms with Crippen LogP contribution < -0.4 is 5.32 Å². The van der Waals surface area contributed by atoms with Crippen molar-refractivity contribution < 1.29 is 5.11 Å². The van der Waals surface area contributed by atoms with Crippen molar-refractivity contribution in [3.63, 3.8) is 0 Å². The molecule has 0 aromatic heterocycles. The molecule has 0 spiro atoms. The van der Waals surface area contributed by atoms with Crippen LogP contribution in [0, 0.1) is 11.3 Å². The quantitative estimate of drug-likeness (QED) is 0.686. The van der Waals surface area contributed by atoms with Gasteiger partial charge in [-0.2, -0.15) is 0 Å². The normalized spacial score (nSPS) is 15.2. The van der Waals surface area contributed by atoms with Gasteiger partial charge in [0, 0.05) is 12.1 Å². The Morgan fingerprint density at radius 2 is 1.56 bits per heavy atom. The number of aliphatic hydroxyl groups excluding tert-OH is 1. The second-order valence-corrected chi connectivity index (χ2v) is 6.92. The van der Waals surface area contributed by atoms with Crippen molar-refractivity contribution in [3.8, 4) is 0 Å². The van der Waals surface area contributed by atoms with Crippen molar-refractivity contribution in [2.45, 2.75) is 66.3 Å². The number of hydrogen-bond acceptors (Lipinski definition) is 2. The van der Waals surface area contributed by atoms with Crippen molar-refractivity contribution in [1.29, 1.82) is 0 Å². The first-order chi connectivity index (χ1) is 7.17. The Bertz CT molecular complexity index is 176. The fourth-order valence-electron chi connectivity index (χ4n) is 1.78. The molecular weight excluding hydrogens is 198 g/mol. The maximum atomic E-state index is 9.33. The largest absolute Gasteiger partial charge is 0.396 e. The Morgan fingerprint density at radius 1 is 1.00 bits per heavy atom. The van der Waals surface area contributed by atoms with E-state index >= 15 is 0 Å². The van der Waals surface area contributed by atoms with Crippen LogP contribution >= 0.6 is 0 Å². The zero-order valence-corrected chi connectivity index (χ0v) is 12.1. The molecule has 98 valence electrons. The topological polar surface area (TPSA) is 32.3 Å². The molecule has 16 heavy (non-hydrogen) atoms. The maximum absolute atomic E-state index is 9.33. The highest BCUT2D eigenvalue weighted by Crippen LogP contribution is 2.29. The summed E-state index contributed by atoms with van der Waals surface area (Å²) >= 11 is 0. The Labute approximate surface area is 102 Å². The molecule has 2 N–H and O–H groups in total. The molecule has 1 unspecified atom stereocenters. The summed E-state index contributed by atoms with van der Waals surface area (Å²) in [6.45, 7) is 14.6. The Balaban J connectivity index is 3.65. The monoisotopic (exact) mass is 229 g/mol. The van der Waals surface area contributed by atoms with E-state index < -0.39 is 0 Å². The Morgan fingerprint density at radius 3 is 1.94 bits per heavy atom. The van der Waals surface area contributed by atoms with Crippen LogP contribution in [0.15, 0.2) is 0 Å². The number of aliphatic hydroxyl groups is 1. The van der Waals surface area contributed by atoms with Gasteiger partial charge in [-0.05, 0) is 51.5 Å². The number of nitrogens with one attached hydrogen (secondary N) is 1. The molecule has 0 aromatic carbocycles. The van der Waals surface area contributed by atoms with Crippen molar-refractivity contribution in [2.75, 3.05) is 13.2 Å². The van der Waals surface area contributed by atoms with E-state index in [9.17, 15) is 5.11 Å². The molecule has 0 radical (unpaired) electrons. The van der Waals surface area contributed by atoms with Crippen LogP contribution in [0.5, 0.6) is 0 Å². The van der Waals surface area contributed by atoms with Crippen LogP contribution in [0.4, 0.5) is 0 Å². The van der Waals surface area contributed by atoms with E-state index in [1.807, 2.05) is 0 Å². The van der Waals surface area contributed by atoms with E-state index in [0.29, 0.717) is 12.5 Å². The van der Waals surface area contributed by atoms with E-state index in [1.54, 1.807) is 0 Å². The van der Waals surface area contributed by atoms with Gasteiger partial charge in [0.15, 0.2) is 0 Å². The minimum atomic E-state index is 0.223. The van der Waals surface area contributed by atoms with Crippen molar-refractivity contribution in [3.05, 3.63) is 0 Å². The third-order valence-corrected chi connectivity index (χ3v) is 3.08. The molecule has 0 aromatic rings. The molecule has 0 saturated heterocycles. The number of hydrogen-bond donors (Lipinski definition) is 2. The van der Waals surface area contributed by atoms with Gasteiger partial charge in [-0.3, -0.25) is 0 Å². The van der Waals surface area contributed by atoms with E-state index in [0.717, 1.165) is 13.0 Å². The molecule has 0 amide bonds. The second kappa shape index (κ2) is 6.61. The van der Waals surface area contributed by atoms with Gasteiger partial charge in [0.2, 0.25) is 0 Å². The summed E-state index contributed by atoms with van der Waals surface area (Å²) in [6.07, 6.45) is 3.53. The summed E-state index contributed by atoms with van der Waals surface area (Å²) < 4.78 is 0. The highest BCUT2D eigenvalue weighted by atomic mass is 16.3. The highest BCUT2D eigenvalue weighted by Gasteiger charge is 2.22. The molecule has 2 heteroatoms. The van der Waals surface area contributed by atoms with Crippen LogP contribution in [0.1, 0.15) is 60.8 Å². The van der Waals surface area contributed by atoms with Gasteiger partial charge >= 0.3 is 0 Å². The van der Waals surface area contributed by atoms with Gasteiger partial charge in [-0.25, -0.2) is 0 Å². The average molecular weight is 229 g/mol. The van der Waals surface area contributed by atoms with E-state index in [2.05, 4.69) is 46.9 Å². The summed E-state index contributed by atoms with van der Waals surface area (Å²) in [4.78, 5) is 0. The van der Waals surface area contributed by atoms with Gasteiger partial charge < -0.3 is 10.4 Å². The smallest absolute Gasteiger partial charge is 0.0464 e. The molecule has 0 rings (SSSR count). The SMILES string of the molecule is CC(C)(C)NCCCCC(CO)C(C)(C)C. The van der Waals surface area contributed by atoms with Crippen LogP contribution in [-0.4, -0.2) is 23.8 Å². The number of unbranched alkanes of at least 4 members (excludes halogenated alkanes) is 1. The van der Waals surface area contributed by atoms with Gasteiger partial charge in [-0.15, -0.1) is 0 Å². The predicted molar refractivity (Wildman–Crippen MR) is 71.6 cm³/mol. The molecule has 0 aliphatic heterocycles. The second-order valence-electron chi connectivity index (χ2n) is 6.92. The third kappa shape index (κ3) is 8.12. The molecule has 0 fully saturated rings.